The number of aliphatic hydroxyl groups excluding tert-OH is 5. The lowest BCUT2D eigenvalue weighted by atomic mass is 9.96. The normalized spacial score (nSPS) is 52.5. The van der Waals surface area contributed by atoms with Crippen molar-refractivity contribution in [2.75, 3.05) is 21.3 Å². The molecular formula is C21H38O13. The van der Waals surface area contributed by atoms with Crippen LogP contribution >= 0.6 is 0 Å². The first-order valence-corrected chi connectivity index (χ1v) is 11.3. The Balaban J connectivity index is 1.82. The number of hydrogen-bond acceptors (Lipinski definition) is 13. The summed E-state index contributed by atoms with van der Waals surface area (Å²) in [6.07, 6.45) is -16.0. The van der Waals surface area contributed by atoms with Crippen molar-refractivity contribution < 1.29 is 63.4 Å². The van der Waals surface area contributed by atoms with Crippen LogP contribution in [0.25, 0.3) is 0 Å². The molecular weight excluding hydrogens is 460 g/mol. The molecule has 3 rings (SSSR count). The van der Waals surface area contributed by atoms with Gasteiger partial charge in [-0.2, -0.15) is 0 Å². The lowest BCUT2D eigenvalue weighted by Crippen LogP contribution is -2.66. The Labute approximate surface area is 198 Å². The van der Waals surface area contributed by atoms with Crippen LogP contribution in [0.2, 0.25) is 0 Å². The van der Waals surface area contributed by atoms with Gasteiger partial charge in [-0.3, -0.25) is 0 Å². The summed E-state index contributed by atoms with van der Waals surface area (Å²) >= 11 is 0. The molecule has 13 heteroatoms. The summed E-state index contributed by atoms with van der Waals surface area (Å²) in [5.41, 5.74) is 0. The van der Waals surface area contributed by atoms with Crippen LogP contribution < -0.4 is 0 Å². The van der Waals surface area contributed by atoms with E-state index in [1.54, 1.807) is 20.8 Å². The lowest BCUT2D eigenvalue weighted by Gasteiger charge is -2.49. The number of aliphatic hydroxyl groups is 5. The van der Waals surface area contributed by atoms with E-state index in [1.807, 2.05) is 0 Å². The SMILES string of the molecule is CO[C@@H]1[C@H](O[C@@H]2[C@@H](O)[C@H](C)O[C@@H](O[C@@H]3[C@@H](O)[C@H](C)O[C@@H](O)[C@@H]3OC)[C@@H]2OC)O[C@@H](C)[C@@H](O)[C@H]1O. The maximum Gasteiger partial charge on any atom is 0.187 e. The van der Waals surface area contributed by atoms with E-state index in [0.717, 1.165) is 0 Å². The predicted octanol–water partition coefficient (Wildman–Crippen LogP) is -2.53. The third kappa shape index (κ3) is 5.42. The van der Waals surface area contributed by atoms with Crippen molar-refractivity contribution >= 4 is 0 Å². The molecule has 0 saturated carbocycles. The second-order valence-corrected chi connectivity index (χ2v) is 8.92. The summed E-state index contributed by atoms with van der Waals surface area (Å²) < 4.78 is 45.0. The van der Waals surface area contributed by atoms with Crippen LogP contribution in [0.1, 0.15) is 20.8 Å². The van der Waals surface area contributed by atoms with Gasteiger partial charge in [0.1, 0.15) is 54.9 Å². The maximum atomic E-state index is 10.8. The van der Waals surface area contributed by atoms with Gasteiger partial charge in [-0.15, -0.1) is 0 Å². The molecule has 0 aromatic rings. The highest BCUT2D eigenvalue weighted by molar-refractivity contribution is 4.96. The second kappa shape index (κ2) is 11.7. The van der Waals surface area contributed by atoms with Crippen molar-refractivity contribution in [3.8, 4) is 0 Å². The van der Waals surface area contributed by atoms with Crippen molar-refractivity contribution in [1.82, 2.24) is 0 Å². The van der Waals surface area contributed by atoms with E-state index >= 15 is 0 Å². The van der Waals surface area contributed by atoms with Gasteiger partial charge in [-0.1, -0.05) is 0 Å². The molecule has 34 heavy (non-hydrogen) atoms. The fraction of sp³-hybridized carbons (Fsp3) is 1.00. The number of ether oxygens (including phenoxy) is 8. The van der Waals surface area contributed by atoms with E-state index in [2.05, 4.69) is 0 Å². The smallest absolute Gasteiger partial charge is 0.187 e. The molecule has 0 amide bonds. The molecule has 0 spiro atoms. The first-order valence-electron chi connectivity index (χ1n) is 11.3. The number of hydrogen-bond donors (Lipinski definition) is 5. The summed E-state index contributed by atoms with van der Waals surface area (Å²) in [5.74, 6) is 0. The van der Waals surface area contributed by atoms with E-state index in [0.29, 0.717) is 0 Å². The lowest BCUT2D eigenvalue weighted by molar-refractivity contribution is -0.377. The molecule has 0 aromatic carbocycles. The number of methoxy groups -OCH3 is 3. The summed E-state index contributed by atoms with van der Waals surface area (Å²) in [4.78, 5) is 0. The van der Waals surface area contributed by atoms with E-state index in [-0.39, 0.29) is 0 Å². The highest BCUT2D eigenvalue weighted by Gasteiger charge is 2.53. The minimum Gasteiger partial charge on any atom is -0.388 e. The molecule has 15 atom stereocenters. The summed E-state index contributed by atoms with van der Waals surface area (Å²) in [7, 11) is 4.05. The second-order valence-electron chi connectivity index (χ2n) is 8.92. The Bertz CT molecular complexity index is 640. The van der Waals surface area contributed by atoms with Crippen LogP contribution in [0.3, 0.4) is 0 Å². The van der Waals surface area contributed by atoms with Crippen molar-refractivity contribution in [3.05, 3.63) is 0 Å². The van der Waals surface area contributed by atoms with Gasteiger partial charge < -0.3 is 63.4 Å². The third-order valence-electron chi connectivity index (χ3n) is 6.72. The summed E-state index contributed by atoms with van der Waals surface area (Å²) in [5, 5.41) is 52.2. The molecule has 0 radical (unpaired) electrons. The Morgan fingerprint density at radius 3 is 1.38 bits per heavy atom. The average molecular weight is 499 g/mol. The quantitative estimate of drug-likeness (QED) is 0.249. The zero-order chi connectivity index (χ0) is 25.3. The van der Waals surface area contributed by atoms with Crippen LogP contribution in [-0.2, 0) is 37.9 Å². The molecule has 0 aromatic heterocycles. The topological polar surface area (TPSA) is 175 Å². The highest BCUT2D eigenvalue weighted by Crippen LogP contribution is 2.34. The number of rotatable bonds is 7. The molecule has 200 valence electrons. The summed E-state index contributed by atoms with van der Waals surface area (Å²) in [6.45, 7) is 4.75. The molecule has 0 bridgehead atoms. The maximum absolute atomic E-state index is 10.8. The van der Waals surface area contributed by atoms with Gasteiger partial charge in [0.2, 0.25) is 0 Å². The zero-order valence-corrected chi connectivity index (χ0v) is 20.2. The molecule has 3 heterocycles. The molecule has 0 unspecified atom stereocenters. The van der Waals surface area contributed by atoms with Crippen molar-refractivity contribution in [3.63, 3.8) is 0 Å². The fourth-order valence-corrected chi connectivity index (χ4v) is 4.58. The Hall–Kier alpha value is -0.520. The monoisotopic (exact) mass is 498 g/mol. The molecule has 3 fully saturated rings. The molecule has 3 aliphatic heterocycles. The molecule has 3 saturated heterocycles. The zero-order valence-electron chi connectivity index (χ0n) is 20.2. The molecule has 13 nitrogen and oxygen atoms in total. The van der Waals surface area contributed by atoms with Gasteiger partial charge in [0, 0.05) is 21.3 Å². The Kier molecular flexibility index (Phi) is 9.64. The molecule has 5 N–H and O–H groups in total. The average Bonchev–Trinajstić information content (AvgIpc) is 2.79. The minimum atomic E-state index is -1.35. The fourth-order valence-electron chi connectivity index (χ4n) is 4.58. The van der Waals surface area contributed by atoms with Crippen LogP contribution in [-0.4, -0.2) is 139 Å². The summed E-state index contributed by atoms with van der Waals surface area (Å²) in [6, 6.07) is 0. The third-order valence-corrected chi connectivity index (χ3v) is 6.72. The molecule has 3 aliphatic rings. The predicted molar refractivity (Wildman–Crippen MR) is 111 cm³/mol. The van der Waals surface area contributed by atoms with Crippen LogP contribution in [0.15, 0.2) is 0 Å². The van der Waals surface area contributed by atoms with Gasteiger partial charge in [0.25, 0.3) is 0 Å². The van der Waals surface area contributed by atoms with Crippen LogP contribution in [0.4, 0.5) is 0 Å². The molecule has 0 aliphatic carbocycles. The van der Waals surface area contributed by atoms with Crippen LogP contribution in [0, 0.1) is 0 Å². The van der Waals surface area contributed by atoms with Crippen molar-refractivity contribution in [2.45, 2.75) is 113 Å². The van der Waals surface area contributed by atoms with Crippen molar-refractivity contribution in [2.24, 2.45) is 0 Å². The van der Waals surface area contributed by atoms with Crippen LogP contribution in [0.5, 0.6) is 0 Å². The van der Waals surface area contributed by atoms with E-state index < -0.39 is 92.1 Å². The van der Waals surface area contributed by atoms with Gasteiger partial charge in [0.05, 0.1) is 18.3 Å². The first kappa shape index (κ1) is 28.1. The van der Waals surface area contributed by atoms with E-state index in [9.17, 15) is 25.5 Å². The van der Waals surface area contributed by atoms with E-state index in [4.69, 9.17) is 37.9 Å². The van der Waals surface area contributed by atoms with Gasteiger partial charge in [-0.25, -0.2) is 0 Å². The Morgan fingerprint density at radius 2 is 0.882 bits per heavy atom. The van der Waals surface area contributed by atoms with E-state index in [1.165, 1.54) is 21.3 Å². The largest absolute Gasteiger partial charge is 0.388 e. The minimum absolute atomic E-state index is 0.751. The van der Waals surface area contributed by atoms with Crippen molar-refractivity contribution in [1.29, 1.82) is 0 Å². The van der Waals surface area contributed by atoms with Gasteiger partial charge in [0.15, 0.2) is 18.9 Å². The standard InChI is InChI=1S/C21H38O13/c1-7-10(22)13(25)16(27-4)20(31-7)34-15-12(24)9(3)32-21(18(15)29-6)33-14-11(23)8(2)30-19(26)17(14)28-5/h7-26H,1-6H3/t7-,8-,9-,10+,11-,12-,13+,14+,15+,16-,17+,18+,19+,20-,21-/m0/s1. The Morgan fingerprint density at radius 1 is 0.471 bits per heavy atom. The van der Waals surface area contributed by atoms with Gasteiger partial charge in [-0.05, 0) is 20.8 Å². The highest BCUT2D eigenvalue weighted by atomic mass is 16.8. The first-order chi connectivity index (χ1) is 16.0. The van der Waals surface area contributed by atoms with Gasteiger partial charge >= 0.3 is 0 Å².